The second-order valence-electron chi connectivity index (χ2n) is 4.81. The quantitative estimate of drug-likeness (QED) is 0.533. The molecule has 0 bridgehead atoms. The first-order chi connectivity index (χ1) is 11.0. The normalized spacial score (nSPS) is 10.3. The van der Waals surface area contributed by atoms with Crippen molar-refractivity contribution >= 4 is 45.9 Å². The number of thioether (sulfide) groups is 1. The van der Waals surface area contributed by atoms with E-state index >= 15 is 0 Å². The van der Waals surface area contributed by atoms with Crippen LogP contribution in [0.2, 0.25) is 0 Å². The highest BCUT2D eigenvalue weighted by Gasteiger charge is 2.09. The molecule has 0 aliphatic heterocycles. The van der Waals surface area contributed by atoms with Crippen LogP contribution in [0.1, 0.15) is 5.56 Å². The summed E-state index contributed by atoms with van der Waals surface area (Å²) in [6, 6.07) is 11.6. The Morgan fingerprint density at radius 1 is 1.13 bits per heavy atom. The predicted molar refractivity (Wildman–Crippen MR) is 103 cm³/mol. The van der Waals surface area contributed by atoms with Gasteiger partial charge in [0, 0.05) is 14.2 Å². The lowest BCUT2D eigenvalue weighted by Gasteiger charge is -2.10. The standard InChI is InChI=1S/C17H18INO3S/c1-11-8-12(18)4-6-14(11)19-17(20)10-23-13-5-7-15(21-2)16(9-13)22-3/h4-9H,10H2,1-3H3,(H,19,20). The molecule has 0 saturated heterocycles. The van der Waals surface area contributed by atoms with E-state index in [0.717, 1.165) is 19.7 Å². The summed E-state index contributed by atoms with van der Waals surface area (Å²) >= 11 is 3.71. The van der Waals surface area contributed by atoms with Crippen LogP contribution in [0.25, 0.3) is 0 Å². The number of amides is 1. The molecule has 0 fully saturated rings. The van der Waals surface area contributed by atoms with Crippen molar-refractivity contribution in [1.29, 1.82) is 0 Å². The topological polar surface area (TPSA) is 47.6 Å². The van der Waals surface area contributed by atoms with E-state index in [1.165, 1.54) is 11.8 Å². The molecule has 1 N–H and O–H groups in total. The van der Waals surface area contributed by atoms with Crippen molar-refractivity contribution in [2.45, 2.75) is 11.8 Å². The van der Waals surface area contributed by atoms with E-state index in [2.05, 4.69) is 27.9 Å². The molecule has 0 aromatic heterocycles. The number of hydrogen-bond acceptors (Lipinski definition) is 4. The molecule has 1 amide bonds. The fourth-order valence-electron chi connectivity index (χ4n) is 2.01. The summed E-state index contributed by atoms with van der Waals surface area (Å²) in [7, 11) is 3.19. The summed E-state index contributed by atoms with van der Waals surface area (Å²) < 4.78 is 11.6. The molecule has 0 radical (unpaired) electrons. The fraction of sp³-hybridized carbons (Fsp3) is 0.235. The minimum atomic E-state index is -0.0332. The van der Waals surface area contributed by atoms with Crippen LogP contribution in [0.3, 0.4) is 0 Å². The molecule has 0 spiro atoms. The van der Waals surface area contributed by atoms with Crippen LogP contribution in [-0.4, -0.2) is 25.9 Å². The van der Waals surface area contributed by atoms with E-state index < -0.39 is 0 Å². The van der Waals surface area contributed by atoms with Crippen molar-refractivity contribution in [3.05, 3.63) is 45.5 Å². The molecule has 4 nitrogen and oxygen atoms in total. The lowest BCUT2D eigenvalue weighted by molar-refractivity contribution is -0.113. The van der Waals surface area contributed by atoms with Gasteiger partial charge in [0.25, 0.3) is 0 Å². The highest BCUT2D eigenvalue weighted by atomic mass is 127. The van der Waals surface area contributed by atoms with Crippen molar-refractivity contribution < 1.29 is 14.3 Å². The second-order valence-corrected chi connectivity index (χ2v) is 7.11. The average molecular weight is 443 g/mol. The van der Waals surface area contributed by atoms with Gasteiger partial charge >= 0.3 is 0 Å². The number of ether oxygens (including phenoxy) is 2. The van der Waals surface area contributed by atoms with E-state index in [9.17, 15) is 4.79 Å². The summed E-state index contributed by atoms with van der Waals surface area (Å²) in [6.07, 6.45) is 0. The smallest absolute Gasteiger partial charge is 0.234 e. The highest BCUT2D eigenvalue weighted by molar-refractivity contribution is 14.1. The molecule has 0 heterocycles. The summed E-state index contributed by atoms with van der Waals surface area (Å²) in [5.74, 6) is 1.64. The number of rotatable bonds is 6. The van der Waals surface area contributed by atoms with Crippen molar-refractivity contribution in [2.75, 3.05) is 25.3 Å². The molecule has 0 atom stereocenters. The van der Waals surface area contributed by atoms with E-state index in [-0.39, 0.29) is 5.91 Å². The van der Waals surface area contributed by atoms with Crippen LogP contribution in [0.5, 0.6) is 11.5 Å². The monoisotopic (exact) mass is 443 g/mol. The number of carbonyl (C=O) groups is 1. The summed E-state index contributed by atoms with van der Waals surface area (Å²) in [5, 5.41) is 2.94. The van der Waals surface area contributed by atoms with E-state index in [4.69, 9.17) is 9.47 Å². The Morgan fingerprint density at radius 3 is 2.52 bits per heavy atom. The number of aryl methyl sites for hydroxylation is 1. The third-order valence-electron chi connectivity index (χ3n) is 3.19. The molecule has 6 heteroatoms. The molecule has 2 rings (SSSR count). The van der Waals surface area contributed by atoms with Gasteiger partial charge in [-0.1, -0.05) is 0 Å². The molecular formula is C17H18INO3S. The van der Waals surface area contributed by atoms with Crippen LogP contribution in [0.15, 0.2) is 41.3 Å². The van der Waals surface area contributed by atoms with Crippen LogP contribution in [-0.2, 0) is 4.79 Å². The Morgan fingerprint density at radius 2 is 1.87 bits per heavy atom. The highest BCUT2D eigenvalue weighted by Crippen LogP contribution is 2.31. The number of halogens is 1. The third-order valence-corrected chi connectivity index (χ3v) is 4.85. The predicted octanol–water partition coefficient (Wildman–Crippen LogP) is 4.35. The molecule has 0 unspecified atom stereocenters. The van der Waals surface area contributed by atoms with Gasteiger partial charge in [-0.3, -0.25) is 4.79 Å². The maximum absolute atomic E-state index is 12.1. The molecule has 0 aliphatic rings. The maximum Gasteiger partial charge on any atom is 0.234 e. The van der Waals surface area contributed by atoms with E-state index in [1.54, 1.807) is 14.2 Å². The largest absolute Gasteiger partial charge is 0.493 e. The SMILES string of the molecule is COc1ccc(SCC(=O)Nc2ccc(I)cc2C)cc1OC. The van der Waals surface area contributed by atoms with E-state index in [0.29, 0.717) is 17.3 Å². The number of benzene rings is 2. The maximum atomic E-state index is 12.1. The molecule has 0 saturated carbocycles. The van der Waals surface area contributed by atoms with Crippen LogP contribution in [0, 0.1) is 10.5 Å². The Labute approximate surface area is 154 Å². The van der Waals surface area contributed by atoms with Crippen molar-refractivity contribution in [3.63, 3.8) is 0 Å². The Bertz CT molecular complexity index is 706. The van der Waals surface area contributed by atoms with Crippen LogP contribution < -0.4 is 14.8 Å². The molecule has 2 aromatic carbocycles. The Kier molecular flexibility index (Phi) is 6.59. The van der Waals surface area contributed by atoms with Gasteiger partial charge in [-0.2, -0.15) is 0 Å². The lowest BCUT2D eigenvalue weighted by Crippen LogP contribution is -2.14. The third kappa shape index (κ3) is 5.04. The molecule has 122 valence electrons. The summed E-state index contributed by atoms with van der Waals surface area (Å²) in [6.45, 7) is 1.99. The molecule has 23 heavy (non-hydrogen) atoms. The number of methoxy groups -OCH3 is 2. The number of carbonyl (C=O) groups excluding carboxylic acids is 1. The second kappa shape index (κ2) is 8.44. The van der Waals surface area contributed by atoms with Gasteiger partial charge in [-0.15, -0.1) is 11.8 Å². The zero-order chi connectivity index (χ0) is 16.8. The molecule has 0 aliphatic carbocycles. The van der Waals surface area contributed by atoms with Gasteiger partial charge < -0.3 is 14.8 Å². The van der Waals surface area contributed by atoms with Crippen LogP contribution >= 0.6 is 34.4 Å². The summed E-state index contributed by atoms with van der Waals surface area (Å²) in [5.41, 5.74) is 1.91. The van der Waals surface area contributed by atoms with Crippen molar-refractivity contribution in [2.24, 2.45) is 0 Å². The molecule has 2 aromatic rings. The zero-order valence-electron chi connectivity index (χ0n) is 13.2. The van der Waals surface area contributed by atoms with Gasteiger partial charge in [-0.25, -0.2) is 0 Å². The van der Waals surface area contributed by atoms with Gasteiger partial charge in [0.1, 0.15) is 0 Å². The number of nitrogens with one attached hydrogen (secondary N) is 1. The lowest BCUT2D eigenvalue weighted by atomic mass is 10.2. The number of hydrogen-bond donors (Lipinski definition) is 1. The van der Waals surface area contributed by atoms with Gasteiger partial charge in [-0.05, 0) is 71.5 Å². The van der Waals surface area contributed by atoms with Gasteiger partial charge in [0.15, 0.2) is 11.5 Å². The van der Waals surface area contributed by atoms with Gasteiger partial charge in [0.05, 0.1) is 20.0 Å². The minimum absolute atomic E-state index is 0.0332. The zero-order valence-corrected chi connectivity index (χ0v) is 16.2. The van der Waals surface area contributed by atoms with Crippen LogP contribution in [0.4, 0.5) is 5.69 Å². The molecular weight excluding hydrogens is 425 g/mol. The average Bonchev–Trinajstić information content (AvgIpc) is 2.55. The minimum Gasteiger partial charge on any atom is -0.493 e. The van der Waals surface area contributed by atoms with Crippen molar-refractivity contribution in [1.82, 2.24) is 0 Å². The number of anilines is 1. The Hall–Kier alpha value is -1.41. The first kappa shape index (κ1) is 17.9. The van der Waals surface area contributed by atoms with Gasteiger partial charge in [0.2, 0.25) is 5.91 Å². The van der Waals surface area contributed by atoms with Crippen molar-refractivity contribution in [3.8, 4) is 11.5 Å². The Balaban J connectivity index is 1.96. The first-order valence-electron chi connectivity index (χ1n) is 6.94. The van der Waals surface area contributed by atoms with E-state index in [1.807, 2.05) is 43.3 Å². The summed E-state index contributed by atoms with van der Waals surface area (Å²) in [4.78, 5) is 13.1. The first-order valence-corrected chi connectivity index (χ1v) is 9.00. The fourth-order valence-corrected chi connectivity index (χ4v) is 3.38.